The van der Waals surface area contributed by atoms with Gasteiger partial charge in [-0.2, -0.15) is 0 Å². The molecule has 0 aliphatic heterocycles. The third-order valence-electron chi connectivity index (χ3n) is 4.17. The molecule has 0 radical (unpaired) electrons. The second kappa shape index (κ2) is 6.84. The van der Waals surface area contributed by atoms with Crippen molar-refractivity contribution in [1.29, 1.82) is 0 Å². The van der Waals surface area contributed by atoms with Crippen LogP contribution in [0.4, 0.5) is 0 Å². The van der Waals surface area contributed by atoms with Gasteiger partial charge in [0.25, 0.3) is 0 Å². The van der Waals surface area contributed by atoms with E-state index in [0.717, 1.165) is 21.8 Å². The van der Waals surface area contributed by atoms with Gasteiger partial charge in [0.05, 0.1) is 5.69 Å². The van der Waals surface area contributed by atoms with E-state index in [0.29, 0.717) is 22.7 Å². The van der Waals surface area contributed by atoms with Crippen LogP contribution in [0.25, 0.3) is 0 Å². The molecule has 2 nitrogen and oxygen atoms in total. The summed E-state index contributed by atoms with van der Waals surface area (Å²) in [6, 6.07) is 16.8. The molecule has 0 bridgehead atoms. The lowest BCUT2D eigenvalue weighted by molar-refractivity contribution is 0.103. The smallest absolute Gasteiger partial charge is 0.209 e. The fourth-order valence-electron chi connectivity index (χ4n) is 2.90. The second-order valence-corrected chi connectivity index (χ2v) is 6.67. The van der Waals surface area contributed by atoms with E-state index in [9.17, 15) is 4.79 Å². The molecule has 0 aliphatic carbocycles. The predicted octanol–water partition coefficient (Wildman–Crippen LogP) is 5.46. The molecule has 1 heterocycles. The van der Waals surface area contributed by atoms with Crippen LogP contribution in [0.3, 0.4) is 0 Å². The molecular weight excluding hydrogens is 341 g/mol. The molecule has 0 spiro atoms. The van der Waals surface area contributed by atoms with Gasteiger partial charge in [-0.15, -0.1) is 0 Å². The fraction of sp³-hybridized carbons (Fsp3) is 0.150. The summed E-state index contributed by atoms with van der Waals surface area (Å²) >= 11 is 12.2. The molecule has 3 aromatic rings. The van der Waals surface area contributed by atoms with E-state index in [1.165, 1.54) is 0 Å². The number of aryl methyl sites for hydroxylation is 1. The van der Waals surface area contributed by atoms with Gasteiger partial charge in [-0.25, -0.2) is 0 Å². The Hall–Kier alpha value is -2.03. The zero-order valence-electron chi connectivity index (χ0n) is 13.5. The van der Waals surface area contributed by atoms with Crippen molar-refractivity contribution >= 4 is 29.0 Å². The minimum atomic E-state index is -0.00271. The maximum atomic E-state index is 12.8. The molecule has 0 atom stereocenters. The summed E-state index contributed by atoms with van der Waals surface area (Å²) in [5, 5.41) is 1.36. The average molecular weight is 358 g/mol. The summed E-state index contributed by atoms with van der Waals surface area (Å²) in [5.41, 5.74) is 4.38. The van der Waals surface area contributed by atoms with E-state index in [2.05, 4.69) is 0 Å². The molecule has 122 valence electrons. The van der Waals surface area contributed by atoms with Gasteiger partial charge in [-0.05, 0) is 54.4 Å². The van der Waals surface area contributed by atoms with Crippen molar-refractivity contribution in [2.75, 3.05) is 0 Å². The molecule has 0 N–H and O–H groups in total. The molecule has 0 saturated heterocycles. The molecule has 1 aromatic heterocycles. The number of nitrogens with zero attached hydrogens (tertiary/aromatic N) is 1. The Morgan fingerprint density at radius 2 is 1.71 bits per heavy atom. The maximum Gasteiger partial charge on any atom is 0.209 e. The van der Waals surface area contributed by atoms with Crippen molar-refractivity contribution in [3.05, 3.63) is 92.7 Å². The van der Waals surface area contributed by atoms with Crippen LogP contribution < -0.4 is 0 Å². The highest BCUT2D eigenvalue weighted by Gasteiger charge is 2.19. The lowest BCUT2D eigenvalue weighted by atomic mass is 10.1. The lowest BCUT2D eigenvalue weighted by Gasteiger charge is -2.09. The van der Waals surface area contributed by atoms with Crippen LogP contribution in [0.15, 0.2) is 54.6 Å². The van der Waals surface area contributed by atoms with Gasteiger partial charge in [0.15, 0.2) is 0 Å². The van der Waals surface area contributed by atoms with Crippen LogP contribution in [-0.4, -0.2) is 10.4 Å². The Morgan fingerprint density at radius 3 is 2.38 bits per heavy atom. The van der Waals surface area contributed by atoms with Crippen molar-refractivity contribution in [2.45, 2.75) is 13.3 Å². The zero-order valence-corrected chi connectivity index (χ0v) is 15.0. The van der Waals surface area contributed by atoms with Crippen LogP contribution in [-0.2, 0) is 13.5 Å². The summed E-state index contributed by atoms with van der Waals surface area (Å²) in [4.78, 5) is 12.8. The molecule has 3 rings (SSSR count). The average Bonchev–Trinajstić information content (AvgIpc) is 2.84. The minimum absolute atomic E-state index is 0.00271. The monoisotopic (exact) mass is 357 g/mol. The van der Waals surface area contributed by atoms with Gasteiger partial charge in [0, 0.05) is 34.8 Å². The van der Waals surface area contributed by atoms with Crippen molar-refractivity contribution in [1.82, 2.24) is 4.57 Å². The molecule has 24 heavy (non-hydrogen) atoms. The van der Waals surface area contributed by atoms with Gasteiger partial charge < -0.3 is 4.57 Å². The maximum absolute atomic E-state index is 12.8. The molecule has 0 unspecified atom stereocenters. The van der Waals surface area contributed by atoms with Crippen molar-refractivity contribution in [3.8, 4) is 0 Å². The van der Waals surface area contributed by atoms with E-state index in [1.54, 1.807) is 24.3 Å². The predicted molar refractivity (Wildman–Crippen MR) is 99.3 cm³/mol. The number of ketones is 1. The van der Waals surface area contributed by atoms with E-state index < -0.39 is 0 Å². The summed E-state index contributed by atoms with van der Waals surface area (Å²) in [6.07, 6.45) is 0.685. The molecule has 0 saturated carbocycles. The number of carbonyl (C=O) groups excluding carboxylic acids is 1. The first-order valence-electron chi connectivity index (χ1n) is 7.66. The third-order valence-corrected chi connectivity index (χ3v) is 4.79. The van der Waals surface area contributed by atoms with E-state index in [4.69, 9.17) is 23.2 Å². The number of hydrogen-bond acceptors (Lipinski definition) is 1. The Labute approximate surface area is 151 Å². The van der Waals surface area contributed by atoms with E-state index in [1.807, 2.05) is 48.9 Å². The molecule has 2 aromatic carbocycles. The number of carbonyl (C=O) groups is 1. The Balaban J connectivity index is 1.96. The summed E-state index contributed by atoms with van der Waals surface area (Å²) in [6.45, 7) is 1.96. The summed E-state index contributed by atoms with van der Waals surface area (Å²) < 4.78 is 1.95. The Morgan fingerprint density at radius 1 is 1.04 bits per heavy atom. The highest BCUT2D eigenvalue weighted by atomic mass is 35.5. The molecule has 0 fully saturated rings. The Bertz CT molecular complexity index is 895. The van der Waals surface area contributed by atoms with E-state index in [-0.39, 0.29) is 5.78 Å². The van der Waals surface area contributed by atoms with Gasteiger partial charge in [-0.3, -0.25) is 4.79 Å². The largest absolute Gasteiger partial charge is 0.344 e. The highest BCUT2D eigenvalue weighted by Crippen LogP contribution is 2.24. The third kappa shape index (κ3) is 3.26. The van der Waals surface area contributed by atoms with Crippen molar-refractivity contribution in [2.24, 2.45) is 7.05 Å². The van der Waals surface area contributed by atoms with Gasteiger partial charge in [0.2, 0.25) is 5.78 Å². The van der Waals surface area contributed by atoms with E-state index >= 15 is 0 Å². The Kier molecular flexibility index (Phi) is 4.79. The van der Waals surface area contributed by atoms with Gasteiger partial charge in [-0.1, -0.05) is 41.4 Å². The van der Waals surface area contributed by atoms with Crippen LogP contribution in [0.5, 0.6) is 0 Å². The van der Waals surface area contributed by atoms with Gasteiger partial charge >= 0.3 is 0 Å². The second-order valence-electron chi connectivity index (χ2n) is 5.83. The SMILES string of the molecule is Cc1cc(Cc2ccccc2Cl)n(C)c1C(=O)c1ccc(Cl)cc1. The quantitative estimate of drug-likeness (QED) is 0.568. The number of benzene rings is 2. The molecule has 0 aliphatic rings. The topological polar surface area (TPSA) is 22.0 Å². The molecule has 0 amide bonds. The van der Waals surface area contributed by atoms with Crippen molar-refractivity contribution < 1.29 is 4.79 Å². The summed E-state index contributed by atoms with van der Waals surface area (Å²) in [7, 11) is 1.92. The van der Waals surface area contributed by atoms with Crippen LogP contribution in [0.2, 0.25) is 10.0 Å². The molecular formula is C20H17Cl2NO. The number of hydrogen-bond donors (Lipinski definition) is 0. The standard InChI is InChI=1S/C20H17Cl2NO/c1-13-11-17(12-15-5-3-4-6-18(15)22)23(2)19(13)20(24)14-7-9-16(21)10-8-14/h3-11H,12H2,1-2H3. The summed E-state index contributed by atoms with van der Waals surface area (Å²) in [5.74, 6) is -0.00271. The lowest BCUT2D eigenvalue weighted by Crippen LogP contribution is -2.10. The van der Waals surface area contributed by atoms with Crippen molar-refractivity contribution in [3.63, 3.8) is 0 Å². The first-order chi connectivity index (χ1) is 11.5. The van der Waals surface area contributed by atoms with Gasteiger partial charge in [0.1, 0.15) is 0 Å². The first-order valence-corrected chi connectivity index (χ1v) is 8.42. The number of halogens is 2. The minimum Gasteiger partial charge on any atom is -0.344 e. The number of rotatable bonds is 4. The normalized spacial score (nSPS) is 10.8. The fourth-order valence-corrected chi connectivity index (χ4v) is 3.23. The highest BCUT2D eigenvalue weighted by molar-refractivity contribution is 6.31. The van der Waals surface area contributed by atoms with Crippen LogP contribution >= 0.6 is 23.2 Å². The first kappa shape index (κ1) is 16.8. The van der Waals surface area contributed by atoms with Crippen LogP contribution in [0, 0.1) is 6.92 Å². The zero-order chi connectivity index (χ0) is 17.3. The number of aromatic nitrogens is 1. The molecule has 4 heteroatoms. The van der Waals surface area contributed by atoms with Crippen LogP contribution in [0.1, 0.15) is 32.9 Å².